The van der Waals surface area contributed by atoms with Crippen LogP contribution < -0.4 is 5.32 Å². The Labute approximate surface area is 162 Å². The van der Waals surface area contributed by atoms with E-state index in [2.05, 4.69) is 41.8 Å². The maximum Gasteiger partial charge on any atom is 0.223 e. The van der Waals surface area contributed by atoms with Crippen molar-refractivity contribution in [1.29, 1.82) is 0 Å². The van der Waals surface area contributed by atoms with Crippen molar-refractivity contribution in [2.24, 2.45) is 16.3 Å². The summed E-state index contributed by atoms with van der Waals surface area (Å²) in [5, 5.41) is 11.5. The number of aliphatic hydroxyl groups excluding tert-OH is 1. The number of carbonyl (C=O) groups excluding carboxylic acids is 1. The van der Waals surface area contributed by atoms with Crippen LogP contribution in [0.1, 0.15) is 18.4 Å². The zero-order chi connectivity index (χ0) is 20.1. The number of rotatable bonds is 5. The fraction of sp³-hybridized carbons (Fsp3) is 0.304. The molecule has 4 heteroatoms. The highest BCUT2D eigenvalue weighted by molar-refractivity contribution is 5.78. The molecule has 2 N–H and O–H groups in total. The van der Waals surface area contributed by atoms with Gasteiger partial charge in [-0.2, -0.15) is 0 Å². The lowest BCUT2D eigenvalue weighted by atomic mass is 10.0. The number of hydrogen-bond acceptors (Lipinski definition) is 3. The van der Waals surface area contributed by atoms with Gasteiger partial charge >= 0.3 is 0 Å². The Morgan fingerprint density at radius 3 is 2.56 bits per heavy atom. The van der Waals surface area contributed by atoms with Gasteiger partial charge in [0.25, 0.3) is 0 Å². The predicted octanol–water partition coefficient (Wildman–Crippen LogP) is 3.82. The normalized spacial score (nSPS) is 21.1. The van der Waals surface area contributed by atoms with E-state index in [1.165, 1.54) is 0 Å². The molecule has 0 saturated heterocycles. The van der Waals surface area contributed by atoms with Crippen LogP contribution in [0.25, 0.3) is 5.57 Å². The molecule has 2 aliphatic carbocycles. The molecule has 3 rings (SSSR count). The van der Waals surface area contributed by atoms with E-state index in [0.717, 1.165) is 17.6 Å². The molecule has 0 aromatic heterocycles. The molecule has 2 aliphatic rings. The number of aliphatic imine (C=N–C) groups is 1. The van der Waals surface area contributed by atoms with Crippen LogP contribution in [0.5, 0.6) is 0 Å². The van der Waals surface area contributed by atoms with E-state index >= 15 is 0 Å². The summed E-state index contributed by atoms with van der Waals surface area (Å²) < 4.78 is 0. The van der Waals surface area contributed by atoms with Crippen LogP contribution in [0.15, 0.2) is 78.4 Å². The van der Waals surface area contributed by atoms with E-state index < -0.39 is 0 Å². The Bertz CT molecular complexity index is 704. The molecular weight excluding hydrogens is 336 g/mol. The third kappa shape index (κ3) is 7.59. The number of nitrogens with zero attached hydrogens (tertiary/aromatic N) is 1. The van der Waals surface area contributed by atoms with Gasteiger partial charge in [0, 0.05) is 25.9 Å². The second kappa shape index (κ2) is 11.8. The lowest BCUT2D eigenvalue weighted by Crippen LogP contribution is -2.15. The molecule has 1 fully saturated rings. The minimum absolute atomic E-state index is 0.00658. The summed E-state index contributed by atoms with van der Waals surface area (Å²) in [6, 6.07) is 9.88. The Balaban J connectivity index is 0.000000255. The van der Waals surface area contributed by atoms with Gasteiger partial charge in [0.05, 0.1) is 6.61 Å². The van der Waals surface area contributed by atoms with Gasteiger partial charge in [-0.25, -0.2) is 0 Å². The molecule has 1 saturated carbocycles. The minimum atomic E-state index is 0.00658. The largest absolute Gasteiger partial charge is 0.395 e. The second-order valence-corrected chi connectivity index (χ2v) is 6.43. The Morgan fingerprint density at radius 1 is 1.37 bits per heavy atom. The molecule has 0 spiro atoms. The molecule has 1 aromatic rings. The van der Waals surface area contributed by atoms with Gasteiger partial charge in [-0.05, 0) is 30.2 Å². The average Bonchev–Trinajstić information content (AvgIpc) is 3.45. The second-order valence-electron chi connectivity index (χ2n) is 6.43. The fourth-order valence-corrected chi connectivity index (χ4v) is 2.64. The predicted molar refractivity (Wildman–Crippen MR) is 115 cm³/mol. The molecule has 1 amide bonds. The molecule has 0 bridgehead atoms. The van der Waals surface area contributed by atoms with Crippen LogP contribution in [0.4, 0.5) is 0 Å². The first-order valence-corrected chi connectivity index (χ1v) is 8.96. The molecule has 0 radical (unpaired) electrons. The van der Waals surface area contributed by atoms with Crippen molar-refractivity contribution in [1.82, 2.24) is 5.32 Å². The molecule has 4 nitrogen and oxygen atoms in total. The zero-order valence-electron chi connectivity index (χ0n) is 16.3. The standard InChI is InChI=1S/C13H15NO.C8H10O.C2H5N/c1-11(7-6-10-13(15)14-2)12-8-4-3-5-9-12;9-6-8-4-2-1-3-7(8)5-8;1-3-2/h3-9H,1,10H2,2H3,(H,14,15);1-4,7,9H,5-6H2;1H2,2H3/b7-6-;;. The van der Waals surface area contributed by atoms with Gasteiger partial charge in [0.1, 0.15) is 0 Å². The molecule has 144 valence electrons. The number of aliphatic hydroxyl groups is 1. The SMILES string of the molecule is C=C(/C=C\CC(=O)NC)c1ccccc1.C=NC.OCC12C=CC=CC1C2. The highest BCUT2D eigenvalue weighted by Crippen LogP contribution is 2.55. The first-order valence-electron chi connectivity index (χ1n) is 8.96. The molecule has 27 heavy (non-hydrogen) atoms. The molecule has 0 heterocycles. The van der Waals surface area contributed by atoms with Crippen LogP contribution in [-0.2, 0) is 4.79 Å². The summed E-state index contributed by atoms with van der Waals surface area (Å²) in [4.78, 5) is 14.2. The van der Waals surface area contributed by atoms with Crippen molar-refractivity contribution in [2.75, 3.05) is 20.7 Å². The van der Waals surface area contributed by atoms with E-state index in [-0.39, 0.29) is 11.3 Å². The van der Waals surface area contributed by atoms with E-state index in [9.17, 15) is 4.79 Å². The van der Waals surface area contributed by atoms with Crippen molar-refractivity contribution in [2.45, 2.75) is 12.8 Å². The maximum absolute atomic E-state index is 10.9. The number of hydrogen-bond donors (Lipinski definition) is 2. The van der Waals surface area contributed by atoms with Gasteiger partial charge in [0.2, 0.25) is 5.91 Å². The Hall–Kier alpha value is -2.72. The summed E-state index contributed by atoms with van der Waals surface area (Å²) in [7, 11) is 3.27. The fourth-order valence-electron chi connectivity index (χ4n) is 2.64. The quantitative estimate of drug-likeness (QED) is 0.615. The van der Waals surface area contributed by atoms with Gasteiger partial charge in [-0.1, -0.05) is 73.4 Å². The van der Waals surface area contributed by atoms with Crippen LogP contribution in [-0.4, -0.2) is 38.4 Å². The Kier molecular flexibility index (Phi) is 9.76. The molecule has 1 aromatic carbocycles. The van der Waals surface area contributed by atoms with Gasteiger partial charge in [-0.3, -0.25) is 4.79 Å². The number of allylic oxidation sites excluding steroid dienone is 5. The lowest BCUT2D eigenvalue weighted by Gasteiger charge is -2.07. The first-order chi connectivity index (χ1) is 13.0. The number of amides is 1. The smallest absolute Gasteiger partial charge is 0.223 e. The van der Waals surface area contributed by atoms with Crippen LogP contribution in [0, 0.1) is 11.3 Å². The Morgan fingerprint density at radius 2 is 2.04 bits per heavy atom. The van der Waals surface area contributed by atoms with E-state index in [0.29, 0.717) is 18.9 Å². The summed E-state index contributed by atoms with van der Waals surface area (Å²) in [5.74, 6) is 0.652. The highest BCUT2D eigenvalue weighted by atomic mass is 16.3. The first kappa shape index (κ1) is 22.3. The number of carbonyl (C=O) groups is 1. The van der Waals surface area contributed by atoms with Crippen LogP contribution >= 0.6 is 0 Å². The van der Waals surface area contributed by atoms with E-state index in [1.54, 1.807) is 14.1 Å². The number of benzene rings is 1. The molecule has 0 aliphatic heterocycles. The minimum Gasteiger partial charge on any atom is -0.395 e. The van der Waals surface area contributed by atoms with Crippen molar-refractivity contribution in [3.8, 4) is 0 Å². The third-order valence-electron chi connectivity index (χ3n) is 4.40. The summed E-state index contributed by atoms with van der Waals surface area (Å²) in [5.41, 5.74) is 2.17. The van der Waals surface area contributed by atoms with Gasteiger partial charge in [0.15, 0.2) is 0 Å². The third-order valence-corrected chi connectivity index (χ3v) is 4.40. The van der Waals surface area contributed by atoms with Crippen LogP contribution in [0.2, 0.25) is 0 Å². The summed E-state index contributed by atoms with van der Waals surface area (Å²) in [6.45, 7) is 7.36. The number of nitrogens with one attached hydrogen (secondary N) is 1. The maximum atomic E-state index is 10.9. The molecular formula is C23H30N2O2. The number of fused-ring (bicyclic) bond motifs is 1. The molecule has 2 unspecified atom stereocenters. The van der Waals surface area contributed by atoms with E-state index in [4.69, 9.17) is 5.11 Å². The summed E-state index contributed by atoms with van der Waals surface area (Å²) in [6.07, 6.45) is 13.6. The molecule has 2 atom stereocenters. The van der Waals surface area contributed by atoms with Gasteiger partial charge < -0.3 is 15.4 Å². The summed E-state index contributed by atoms with van der Waals surface area (Å²) >= 11 is 0. The van der Waals surface area contributed by atoms with Crippen LogP contribution in [0.3, 0.4) is 0 Å². The van der Waals surface area contributed by atoms with E-state index in [1.807, 2.05) is 48.6 Å². The van der Waals surface area contributed by atoms with Gasteiger partial charge in [-0.15, -0.1) is 0 Å². The zero-order valence-corrected chi connectivity index (χ0v) is 16.3. The topological polar surface area (TPSA) is 61.7 Å². The monoisotopic (exact) mass is 366 g/mol. The van der Waals surface area contributed by atoms with Crippen molar-refractivity contribution >= 4 is 18.2 Å². The van der Waals surface area contributed by atoms with Crippen molar-refractivity contribution in [3.63, 3.8) is 0 Å². The lowest BCUT2D eigenvalue weighted by molar-refractivity contribution is -0.119. The average molecular weight is 367 g/mol. The highest BCUT2D eigenvalue weighted by Gasteiger charge is 2.50. The van der Waals surface area contributed by atoms with Crippen molar-refractivity contribution in [3.05, 3.63) is 78.9 Å². The van der Waals surface area contributed by atoms with Crippen molar-refractivity contribution < 1.29 is 9.90 Å².